The van der Waals surface area contributed by atoms with Crippen molar-refractivity contribution >= 4 is 5.91 Å². The Bertz CT molecular complexity index is 259. The molecular weight excluding hydrogens is 200 g/mol. The third-order valence-electron chi connectivity index (χ3n) is 4.62. The van der Waals surface area contributed by atoms with Crippen LogP contribution in [0.15, 0.2) is 0 Å². The molecule has 2 fully saturated rings. The molecule has 3 heteroatoms. The van der Waals surface area contributed by atoms with Gasteiger partial charge in [-0.25, -0.2) is 0 Å². The molecule has 0 radical (unpaired) electrons. The Kier molecular flexibility index (Phi) is 3.53. The lowest BCUT2D eigenvalue weighted by Crippen LogP contribution is -2.34. The number of nitrogens with two attached hydrogens (primary N) is 1. The van der Waals surface area contributed by atoms with Gasteiger partial charge in [0.25, 0.3) is 0 Å². The fourth-order valence-electron chi connectivity index (χ4n) is 3.69. The van der Waals surface area contributed by atoms with Gasteiger partial charge in [-0.3, -0.25) is 4.79 Å². The van der Waals surface area contributed by atoms with E-state index in [1.807, 2.05) is 4.90 Å². The molecule has 1 saturated carbocycles. The van der Waals surface area contributed by atoms with Gasteiger partial charge in [-0.1, -0.05) is 19.3 Å². The first kappa shape index (κ1) is 11.9. The molecule has 0 aromatic heterocycles. The number of hydrogen-bond donors (Lipinski definition) is 1. The fraction of sp³-hybridized carbons (Fsp3) is 0.923. The van der Waals surface area contributed by atoms with E-state index in [4.69, 9.17) is 5.73 Å². The van der Waals surface area contributed by atoms with E-state index in [1.165, 1.54) is 32.1 Å². The summed E-state index contributed by atoms with van der Waals surface area (Å²) in [5, 5.41) is 0. The van der Waals surface area contributed by atoms with Crippen molar-refractivity contribution in [2.24, 2.45) is 17.1 Å². The second-order valence-corrected chi connectivity index (χ2v) is 5.60. The summed E-state index contributed by atoms with van der Waals surface area (Å²) in [6, 6.07) is 0. The first-order valence-corrected chi connectivity index (χ1v) is 6.63. The van der Waals surface area contributed by atoms with Gasteiger partial charge in [-0.2, -0.15) is 0 Å². The molecule has 1 aliphatic carbocycles. The SMILES string of the molecule is CC(=O)N1CC(CCN)C2(CCCCC2)C1. The van der Waals surface area contributed by atoms with E-state index >= 15 is 0 Å². The lowest BCUT2D eigenvalue weighted by Gasteiger charge is -2.38. The molecule has 1 saturated heterocycles. The largest absolute Gasteiger partial charge is 0.342 e. The van der Waals surface area contributed by atoms with Crippen LogP contribution < -0.4 is 5.73 Å². The summed E-state index contributed by atoms with van der Waals surface area (Å²) in [5.74, 6) is 0.895. The molecule has 92 valence electrons. The number of likely N-dealkylation sites (tertiary alicyclic amines) is 1. The molecule has 3 nitrogen and oxygen atoms in total. The summed E-state index contributed by atoms with van der Waals surface area (Å²) in [6.07, 6.45) is 7.75. The monoisotopic (exact) mass is 224 g/mol. The van der Waals surface area contributed by atoms with Crippen LogP contribution in [0.2, 0.25) is 0 Å². The summed E-state index contributed by atoms with van der Waals surface area (Å²) in [6.45, 7) is 4.40. The Morgan fingerprint density at radius 3 is 2.62 bits per heavy atom. The van der Waals surface area contributed by atoms with Gasteiger partial charge in [0, 0.05) is 20.0 Å². The standard InChI is InChI=1S/C13H24N2O/c1-11(16)15-9-12(5-8-14)13(10-15)6-3-2-4-7-13/h12H,2-10,14H2,1H3. The second kappa shape index (κ2) is 4.74. The van der Waals surface area contributed by atoms with Crippen LogP contribution in [-0.2, 0) is 4.79 Å². The summed E-state index contributed by atoms with van der Waals surface area (Å²) >= 11 is 0. The number of amides is 1. The van der Waals surface area contributed by atoms with Crippen molar-refractivity contribution in [2.75, 3.05) is 19.6 Å². The molecule has 1 atom stereocenters. The highest BCUT2D eigenvalue weighted by Crippen LogP contribution is 2.48. The van der Waals surface area contributed by atoms with E-state index in [-0.39, 0.29) is 5.91 Å². The molecular formula is C13H24N2O. The minimum absolute atomic E-state index is 0.240. The maximum atomic E-state index is 11.5. The Morgan fingerprint density at radius 1 is 1.38 bits per heavy atom. The van der Waals surface area contributed by atoms with Crippen molar-refractivity contribution in [1.82, 2.24) is 4.90 Å². The highest BCUT2D eigenvalue weighted by molar-refractivity contribution is 5.73. The minimum atomic E-state index is 0.240. The van der Waals surface area contributed by atoms with Gasteiger partial charge in [-0.05, 0) is 37.1 Å². The lowest BCUT2D eigenvalue weighted by atomic mass is 9.67. The zero-order valence-electron chi connectivity index (χ0n) is 10.4. The highest BCUT2D eigenvalue weighted by Gasteiger charge is 2.46. The summed E-state index contributed by atoms with van der Waals surface area (Å²) < 4.78 is 0. The third kappa shape index (κ3) is 2.10. The minimum Gasteiger partial charge on any atom is -0.342 e. The van der Waals surface area contributed by atoms with Crippen LogP contribution in [0.4, 0.5) is 0 Å². The predicted octanol–water partition coefficient (Wildman–Crippen LogP) is 1.76. The van der Waals surface area contributed by atoms with Gasteiger partial charge in [0.05, 0.1) is 0 Å². The van der Waals surface area contributed by atoms with Crippen LogP contribution in [0.1, 0.15) is 45.4 Å². The van der Waals surface area contributed by atoms with E-state index in [0.717, 1.165) is 26.1 Å². The molecule has 1 amide bonds. The van der Waals surface area contributed by atoms with Crippen molar-refractivity contribution in [3.05, 3.63) is 0 Å². The average Bonchev–Trinajstić information content (AvgIpc) is 2.60. The number of nitrogens with zero attached hydrogens (tertiary/aromatic N) is 1. The summed E-state index contributed by atoms with van der Waals surface area (Å²) in [5.41, 5.74) is 6.14. The van der Waals surface area contributed by atoms with Crippen LogP contribution in [0.25, 0.3) is 0 Å². The molecule has 1 aliphatic heterocycles. The third-order valence-corrected chi connectivity index (χ3v) is 4.62. The molecule has 2 aliphatic rings. The number of hydrogen-bond acceptors (Lipinski definition) is 2. The van der Waals surface area contributed by atoms with Gasteiger partial charge >= 0.3 is 0 Å². The molecule has 1 spiro atoms. The number of rotatable bonds is 2. The highest BCUT2D eigenvalue weighted by atomic mass is 16.2. The maximum Gasteiger partial charge on any atom is 0.219 e. The van der Waals surface area contributed by atoms with Crippen LogP contribution in [0.5, 0.6) is 0 Å². The van der Waals surface area contributed by atoms with Gasteiger partial charge in [0.1, 0.15) is 0 Å². The number of carbonyl (C=O) groups is 1. The Labute approximate surface area is 98.4 Å². The average molecular weight is 224 g/mol. The van der Waals surface area contributed by atoms with E-state index in [1.54, 1.807) is 6.92 Å². The fourth-order valence-corrected chi connectivity index (χ4v) is 3.69. The normalized spacial score (nSPS) is 28.6. The Balaban J connectivity index is 2.10. The van der Waals surface area contributed by atoms with Crippen LogP contribution in [-0.4, -0.2) is 30.4 Å². The van der Waals surface area contributed by atoms with Crippen molar-refractivity contribution in [2.45, 2.75) is 45.4 Å². The first-order chi connectivity index (χ1) is 7.68. The lowest BCUT2D eigenvalue weighted by molar-refractivity contribution is -0.128. The van der Waals surface area contributed by atoms with Gasteiger partial charge in [0.15, 0.2) is 0 Å². The van der Waals surface area contributed by atoms with Crippen LogP contribution >= 0.6 is 0 Å². The van der Waals surface area contributed by atoms with E-state index in [2.05, 4.69) is 0 Å². The van der Waals surface area contributed by atoms with Crippen LogP contribution in [0.3, 0.4) is 0 Å². The zero-order chi connectivity index (χ0) is 11.6. The van der Waals surface area contributed by atoms with Crippen molar-refractivity contribution in [3.63, 3.8) is 0 Å². The van der Waals surface area contributed by atoms with Crippen molar-refractivity contribution in [1.29, 1.82) is 0 Å². The zero-order valence-corrected chi connectivity index (χ0v) is 10.4. The molecule has 16 heavy (non-hydrogen) atoms. The predicted molar refractivity (Wildman–Crippen MR) is 64.9 cm³/mol. The van der Waals surface area contributed by atoms with Gasteiger partial charge in [0.2, 0.25) is 5.91 Å². The quantitative estimate of drug-likeness (QED) is 0.777. The Morgan fingerprint density at radius 2 is 2.06 bits per heavy atom. The number of carbonyl (C=O) groups excluding carboxylic acids is 1. The van der Waals surface area contributed by atoms with Crippen LogP contribution in [0, 0.1) is 11.3 Å². The van der Waals surface area contributed by atoms with E-state index in [9.17, 15) is 4.79 Å². The molecule has 0 bridgehead atoms. The summed E-state index contributed by atoms with van der Waals surface area (Å²) in [4.78, 5) is 13.6. The molecule has 2 N–H and O–H groups in total. The molecule has 1 heterocycles. The summed E-state index contributed by atoms with van der Waals surface area (Å²) in [7, 11) is 0. The van der Waals surface area contributed by atoms with Gasteiger partial charge in [-0.15, -0.1) is 0 Å². The molecule has 2 rings (SSSR count). The first-order valence-electron chi connectivity index (χ1n) is 6.63. The van der Waals surface area contributed by atoms with Crippen molar-refractivity contribution < 1.29 is 4.79 Å². The van der Waals surface area contributed by atoms with E-state index in [0.29, 0.717) is 11.3 Å². The smallest absolute Gasteiger partial charge is 0.219 e. The Hall–Kier alpha value is -0.570. The van der Waals surface area contributed by atoms with Gasteiger partial charge < -0.3 is 10.6 Å². The molecule has 0 aromatic rings. The topological polar surface area (TPSA) is 46.3 Å². The second-order valence-electron chi connectivity index (χ2n) is 5.60. The van der Waals surface area contributed by atoms with E-state index < -0.39 is 0 Å². The maximum absolute atomic E-state index is 11.5. The molecule has 0 aromatic carbocycles. The van der Waals surface area contributed by atoms with Crippen molar-refractivity contribution in [3.8, 4) is 0 Å². The molecule has 1 unspecified atom stereocenters.